The van der Waals surface area contributed by atoms with Gasteiger partial charge in [-0.25, -0.2) is 9.78 Å². The summed E-state index contributed by atoms with van der Waals surface area (Å²) in [5.74, 6) is 0.419. The summed E-state index contributed by atoms with van der Waals surface area (Å²) in [4.78, 5) is 15.9. The van der Waals surface area contributed by atoms with Crippen molar-refractivity contribution in [1.29, 1.82) is 0 Å². The number of carbonyl (C=O) groups excluding carboxylic acids is 1. The summed E-state index contributed by atoms with van der Waals surface area (Å²) in [5, 5.41) is 17.3. The molecule has 0 bridgehead atoms. The number of aliphatic hydroxyl groups is 1. The van der Waals surface area contributed by atoms with E-state index in [0.717, 1.165) is 10.7 Å². The molecular weight excluding hydrogens is 250 g/mol. The van der Waals surface area contributed by atoms with Crippen LogP contribution in [0.25, 0.3) is 0 Å². The highest BCUT2D eigenvalue weighted by atomic mass is 32.1. The minimum atomic E-state index is -0.227. The molecule has 1 aromatic rings. The van der Waals surface area contributed by atoms with Crippen LogP contribution in [-0.2, 0) is 6.54 Å². The van der Waals surface area contributed by atoms with Crippen molar-refractivity contribution >= 4 is 17.4 Å². The molecule has 18 heavy (non-hydrogen) atoms. The minimum absolute atomic E-state index is 0.0309. The molecule has 0 fully saturated rings. The predicted octanol–water partition coefficient (Wildman–Crippen LogP) is 1.84. The van der Waals surface area contributed by atoms with Crippen molar-refractivity contribution in [3.63, 3.8) is 0 Å². The maximum atomic E-state index is 11.5. The van der Waals surface area contributed by atoms with Crippen molar-refractivity contribution in [3.8, 4) is 0 Å². The Morgan fingerprint density at radius 3 is 2.78 bits per heavy atom. The van der Waals surface area contributed by atoms with Crippen LogP contribution in [0.4, 0.5) is 4.79 Å². The Hall–Kier alpha value is -1.14. The maximum absolute atomic E-state index is 11.5. The molecule has 0 aliphatic rings. The summed E-state index contributed by atoms with van der Waals surface area (Å²) in [6.45, 7) is 6.56. The Morgan fingerprint density at radius 2 is 2.22 bits per heavy atom. The third kappa shape index (κ3) is 5.01. The van der Waals surface area contributed by atoms with Gasteiger partial charge in [-0.3, -0.25) is 0 Å². The lowest BCUT2D eigenvalue weighted by molar-refractivity contribution is 0.230. The molecule has 1 heterocycles. The number of carbonyl (C=O) groups is 1. The van der Waals surface area contributed by atoms with Crippen LogP contribution in [0.1, 0.15) is 43.8 Å². The standard InChI is InChI=1S/C12H21N3O2S/c1-8(2)11-15-10(7-18-11)6-13-12(17)14-9(3)4-5-16/h7-9,16H,4-6H2,1-3H3,(H2,13,14,17)/t9-/m1/s1. The lowest BCUT2D eigenvalue weighted by Crippen LogP contribution is -2.40. The van der Waals surface area contributed by atoms with Crippen molar-refractivity contribution in [2.24, 2.45) is 0 Å². The lowest BCUT2D eigenvalue weighted by atomic mass is 10.2. The normalized spacial score (nSPS) is 12.5. The van der Waals surface area contributed by atoms with E-state index in [1.807, 2.05) is 12.3 Å². The predicted molar refractivity (Wildman–Crippen MR) is 72.7 cm³/mol. The van der Waals surface area contributed by atoms with Gasteiger partial charge in [0.05, 0.1) is 17.2 Å². The highest BCUT2D eigenvalue weighted by Gasteiger charge is 2.08. The highest BCUT2D eigenvalue weighted by Crippen LogP contribution is 2.18. The molecule has 0 spiro atoms. The number of nitrogens with one attached hydrogen (secondary N) is 2. The molecular formula is C12H21N3O2S. The van der Waals surface area contributed by atoms with E-state index in [-0.39, 0.29) is 18.7 Å². The molecule has 0 saturated heterocycles. The van der Waals surface area contributed by atoms with Crippen molar-refractivity contribution < 1.29 is 9.90 Å². The molecule has 0 aliphatic carbocycles. The first-order chi connectivity index (χ1) is 8.52. The van der Waals surface area contributed by atoms with Gasteiger partial charge < -0.3 is 15.7 Å². The first kappa shape index (κ1) is 14.9. The van der Waals surface area contributed by atoms with Gasteiger partial charge in [0.2, 0.25) is 0 Å². The molecule has 1 rings (SSSR count). The van der Waals surface area contributed by atoms with Crippen molar-refractivity contribution in [2.45, 2.75) is 45.7 Å². The maximum Gasteiger partial charge on any atom is 0.315 e. The van der Waals surface area contributed by atoms with Gasteiger partial charge in [-0.05, 0) is 13.3 Å². The molecule has 0 aliphatic heterocycles. The number of nitrogens with zero attached hydrogens (tertiary/aromatic N) is 1. The Balaban J connectivity index is 2.33. The number of hydrogen-bond acceptors (Lipinski definition) is 4. The molecule has 0 saturated carbocycles. The monoisotopic (exact) mass is 271 g/mol. The number of urea groups is 1. The van der Waals surface area contributed by atoms with Gasteiger partial charge in [0.25, 0.3) is 0 Å². The average Bonchev–Trinajstić information content (AvgIpc) is 2.75. The van der Waals surface area contributed by atoms with Crippen LogP contribution >= 0.6 is 11.3 Å². The molecule has 0 unspecified atom stereocenters. The Bertz CT molecular complexity index is 379. The van der Waals surface area contributed by atoms with Crippen LogP contribution in [0.3, 0.4) is 0 Å². The van der Waals surface area contributed by atoms with Gasteiger partial charge >= 0.3 is 6.03 Å². The molecule has 1 aromatic heterocycles. The van der Waals surface area contributed by atoms with E-state index >= 15 is 0 Å². The number of thiazole rings is 1. The van der Waals surface area contributed by atoms with Crippen LogP contribution < -0.4 is 10.6 Å². The fourth-order valence-corrected chi connectivity index (χ4v) is 2.22. The average molecular weight is 271 g/mol. The van der Waals surface area contributed by atoms with E-state index in [2.05, 4.69) is 29.5 Å². The van der Waals surface area contributed by atoms with Crippen molar-refractivity contribution in [1.82, 2.24) is 15.6 Å². The topological polar surface area (TPSA) is 74.2 Å². The zero-order valence-electron chi connectivity index (χ0n) is 11.1. The first-order valence-electron chi connectivity index (χ1n) is 6.12. The quantitative estimate of drug-likeness (QED) is 0.739. The lowest BCUT2D eigenvalue weighted by Gasteiger charge is -2.12. The summed E-state index contributed by atoms with van der Waals surface area (Å²) in [5.41, 5.74) is 0.883. The van der Waals surface area contributed by atoms with Crippen LogP contribution in [0, 0.1) is 0 Å². The second-order valence-corrected chi connectivity index (χ2v) is 5.46. The first-order valence-corrected chi connectivity index (χ1v) is 7.00. The van der Waals surface area contributed by atoms with Gasteiger partial charge in [0.1, 0.15) is 0 Å². The Morgan fingerprint density at radius 1 is 1.50 bits per heavy atom. The Labute approximate surface area is 112 Å². The molecule has 3 N–H and O–H groups in total. The van der Waals surface area contributed by atoms with E-state index in [1.54, 1.807) is 11.3 Å². The van der Waals surface area contributed by atoms with E-state index in [1.165, 1.54) is 0 Å². The van der Waals surface area contributed by atoms with E-state index in [0.29, 0.717) is 18.9 Å². The summed E-state index contributed by atoms with van der Waals surface area (Å²) in [7, 11) is 0. The van der Waals surface area contributed by atoms with E-state index < -0.39 is 0 Å². The fraction of sp³-hybridized carbons (Fsp3) is 0.667. The molecule has 1 atom stereocenters. The smallest absolute Gasteiger partial charge is 0.315 e. The summed E-state index contributed by atoms with van der Waals surface area (Å²) in [6, 6.07) is -0.258. The fourth-order valence-electron chi connectivity index (χ4n) is 1.38. The SMILES string of the molecule is CC(C)c1nc(CNC(=O)N[C@H](C)CCO)cs1. The molecule has 2 amide bonds. The van der Waals surface area contributed by atoms with Gasteiger partial charge in [0.15, 0.2) is 0 Å². The summed E-state index contributed by atoms with van der Waals surface area (Å²) in [6.07, 6.45) is 0.557. The number of aliphatic hydroxyl groups excluding tert-OH is 1. The molecule has 0 radical (unpaired) electrons. The number of aromatic nitrogens is 1. The number of rotatable bonds is 6. The second-order valence-electron chi connectivity index (χ2n) is 4.57. The largest absolute Gasteiger partial charge is 0.396 e. The number of hydrogen-bond donors (Lipinski definition) is 3. The van der Waals surface area contributed by atoms with E-state index in [9.17, 15) is 4.79 Å². The zero-order valence-corrected chi connectivity index (χ0v) is 11.9. The molecule has 6 heteroatoms. The highest BCUT2D eigenvalue weighted by molar-refractivity contribution is 7.09. The van der Waals surface area contributed by atoms with Crippen LogP contribution in [0.15, 0.2) is 5.38 Å². The van der Waals surface area contributed by atoms with Crippen molar-refractivity contribution in [3.05, 3.63) is 16.1 Å². The summed E-state index contributed by atoms with van der Waals surface area (Å²) >= 11 is 1.62. The van der Waals surface area contributed by atoms with E-state index in [4.69, 9.17) is 5.11 Å². The third-order valence-corrected chi connectivity index (χ3v) is 3.63. The molecule has 102 valence electrons. The summed E-state index contributed by atoms with van der Waals surface area (Å²) < 4.78 is 0. The van der Waals surface area contributed by atoms with Crippen LogP contribution in [0.5, 0.6) is 0 Å². The minimum Gasteiger partial charge on any atom is -0.396 e. The second kappa shape index (κ2) is 7.33. The van der Waals surface area contributed by atoms with Gasteiger partial charge in [0, 0.05) is 23.9 Å². The zero-order chi connectivity index (χ0) is 13.5. The van der Waals surface area contributed by atoms with Gasteiger partial charge in [-0.1, -0.05) is 13.8 Å². The van der Waals surface area contributed by atoms with Crippen LogP contribution in [0.2, 0.25) is 0 Å². The molecule has 0 aromatic carbocycles. The molecule has 5 nitrogen and oxygen atoms in total. The third-order valence-electron chi connectivity index (χ3n) is 2.43. The van der Waals surface area contributed by atoms with Crippen molar-refractivity contribution in [2.75, 3.05) is 6.61 Å². The van der Waals surface area contributed by atoms with Crippen LogP contribution in [-0.4, -0.2) is 28.8 Å². The van der Waals surface area contributed by atoms with Gasteiger partial charge in [-0.2, -0.15) is 0 Å². The van der Waals surface area contributed by atoms with Gasteiger partial charge in [-0.15, -0.1) is 11.3 Å². The number of amides is 2. The Kier molecular flexibility index (Phi) is 6.07.